The molecule has 1 heterocycles. The zero-order chi connectivity index (χ0) is 9.35. The zero-order valence-electron chi connectivity index (χ0n) is 7.04. The molecule has 0 radical (unpaired) electrons. The lowest BCUT2D eigenvalue weighted by Crippen LogP contribution is -2.62. The largest absolute Gasteiger partial charge is 0.369 e. The topological polar surface area (TPSA) is 63.4 Å². The van der Waals surface area contributed by atoms with E-state index < -0.39 is 5.41 Å². The van der Waals surface area contributed by atoms with Gasteiger partial charge in [-0.15, -0.1) is 0 Å². The van der Waals surface area contributed by atoms with Crippen LogP contribution in [-0.2, 0) is 9.59 Å². The molecule has 4 nitrogen and oxygen atoms in total. The van der Waals surface area contributed by atoms with E-state index >= 15 is 0 Å². The minimum atomic E-state index is -0.529. The fourth-order valence-electron chi connectivity index (χ4n) is 1.24. The van der Waals surface area contributed by atoms with Gasteiger partial charge in [0, 0.05) is 13.1 Å². The molecule has 0 spiro atoms. The summed E-state index contributed by atoms with van der Waals surface area (Å²) >= 11 is 0. The third kappa shape index (κ3) is 1.20. The summed E-state index contributed by atoms with van der Waals surface area (Å²) in [5.74, 6) is -0.496. The number of nitrogens with two attached hydrogens (primary N) is 1. The van der Waals surface area contributed by atoms with E-state index in [1.165, 1.54) is 11.0 Å². The van der Waals surface area contributed by atoms with Crippen molar-refractivity contribution in [2.24, 2.45) is 11.1 Å². The predicted molar refractivity (Wildman–Crippen MR) is 44.1 cm³/mol. The van der Waals surface area contributed by atoms with Gasteiger partial charge in [-0.05, 0) is 13.0 Å². The number of primary amides is 1. The number of nitrogens with zero attached hydrogens (tertiary/aromatic N) is 1. The Hall–Kier alpha value is -1.32. The molecule has 0 saturated carbocycles. The van der Waals surface area contributed by atoms with Crippen molar-refractivity contribution in [1.29, 1.82) is 0 Å². The molecule has 1 rings (SSSR count). The van der Waals surface area contributed by atoms with Crippen molar-refractivity contribution >= 4 is 11.8 Å². The number of hydrogen-bond acceptors (Lipinski definition) is 2. The fourth-order valence-corrected chi connectivity index (χ4v) is 1.24. The van der Waals surface area contributed by atoms with E-state index in [-0.39, 0.29) is 11.8 Å². The second kappa shape index (κ2) is 2.62. The Balaban J connectivity index is 2.52. The Morgan fingerprint density at radius 1 is 1.58 bits per heavy atom. The average molecular weight is 168 g/mol. The number of carbonyl (C=O) groups excluding carboxylic acids is 2. The standard InChI is InChI=1S/C8H12N2O2/c1-3-6(11)10-4-8(2,5-10)7(9)12/h3H,1,4-5H2,2H3,(H2,9,12). The molecule has 1 fully saturated rings. The molecule has 12 heavy (non-hydrogen) atoms. The van der Waals surface area contributed by atoms with Crippen LogP contribution in [0.2, 0.25) is 0 Å². The third-order valence-electron chi connectivity index (χ3n) is 2.16. The van der Waals surface area contributed by atoms with Crippen LogP contribution in [0, 0.1) is 5.41 Å². The van der Waals surface area contributed by atoms with Crippen molar-refractivity contribution in [1.82, 2.24) is 4.90 Å². The first-order chi connectivity index (χ1) is 5.49. The molecule has 2 N–H and O–H groups in total. The highest BCUT2D eigenvalue weighted by atomic mass is 16.2. The molecular formula is C8H12N2O2. The van der Waals surface area contributed by atoms with Gasteiger partial charge in [0.2, 0.25) is 11.8 Å². The lowest BCUT2D eigenvalue weighted by atomic mass is 9.81. The van der Waals surface area contributed by atoms with Crippen LogP contribution >= 0.6 is 0 Å². The Morgan fingerprint density at radius 2 is 2.08 bits per heavy atom. The Labute approximate surface area is 71.0 Å². The number of amides is 2. The number of carbonyl (C=O) groups is 2. The van der Waals surface area contributed by atoms with E-state index in [1.807, 2.05) is 0 Å². The SMILES string of the molecule is C=CC(=O)N1CC(C)(C(N)=O)C1. The van der Waals surface area contributed by atoms with E-state index in [2.05, 4.69) is 6.58 Å². The molecular weight excluding hydrogens is 156 g/mol. The van der Waals surface area contributed by atoms with Gasteiger partial charge >= 0.3 is 0 Å². The van der Waals surface area contributed by atoms with Crippen molar-refractivity contribution in [3.8, 4) is 0 Å². The minimum Gasteiger partial charge on any atom is -0.369 e. The maximum absolute atomic E-state index is 11.0. The first-order valence-corrected chi connectivity index (χ1v) is 3.71. The summed E-state index contributed by atoms with van der Waals surface area (Å²) < 4.78 is 0. The predicted octanol–water partition coefficient (Wildman–Crippen LogP) is -0.494. The van der Waals surface area contributed by atoms with Crippen LogP contribution in [-0.4, -0.2) is 29.8 Å². The molecule has 1 aliphatic heterocycles. The molecule has 0 aliphatic carbocycles. The number of likely N-dealkylation sites (tertiary alicyclic amines) is 1. The van der Waals surface area contributed by atoms with Gasteiger partial charge in [-0.2, -0.15) is 0 Å². The summed E-state index contributed by atoms with van der Waals surface area (Å²) in [6, 6.07) is 0. The van der Waals surface area contributed by atoms with E-state index in [9.17, 15) is 9.59 Å². The van der Waals surface area contributed by atoms with Crippen LogP contribution in [0.15, 0.2) is 12.7 Å². The second-order valence-electron chi connectivity index (χ2n) is 3.32. The highest BCUT2D eigenvalue weighted by Crippen LogP contribution is 2.29. The molecule has 0 aromatic rings. The van der Waals surface area contributed by atoms with Crippen molar-refractivity contribution < 1.29 is 9.59 Å². The van der Waals surface area contributed by atoms with Gasteiger partial charge in [0.15, 0.2) is 0 Å². The molecule has 1 saturated heterocycles. The van der Waals surface area contributed by atoms with Crippen molar-refractivity contribution in [2.45, 2.75) is 6.92 Å². The van der Waals surface area contributed by atoms with Gasteiger partial charge in [-0.25, -0.2) is 0 Å². The van der Waals surface area contributed by atoms with Gasteiger partial charge in [0.25, 0.3) is 0 Å². The molecule has 0 aromatic carbocycles. The second-order valence-corrected chi connectivity index (χ2v) is 3.32. The molecule has 4 heteroatoms. The summed E-state index contributed by atoms with van der Waals surface area (Å²) in [5, 5.41) is 0. The first kappa shape index (κ1) is 8.77. The number of hydrogen-bond donors (Lipinski definition) is 1. The van der Waals surface area contributed by atoms with Crippen molar-refractivity contribution in [3.05, 3.63) is 12.7 Å². The van der Waals surface area contributed by atoms with Crippen LogP contribution in [0.5, 0.6) is 0 Å². The summed E-state index contributed by atoms with van der Waals surface area (Å²) in [7, 11) is 0. The minimum absolute atomic E-state index is 0.145. The summed E-state index contributed by atoms with van der Waals surface area (Å²) in [6.07, 6.45) is 1.24. The lowest BCUT2D eigenvalue weighted by molar-refractivity contribution is -0.146. The first-order valence-electron chi connectivity index (χ1n) is 3.71. The van der Waals surface area contributed by atoms with E-state index in [4.69, 9.17) is 5.73 Å². The summed E-state index contributed by atoms with van der Waals surface area (Å²) in [6.45, 7) is 5.92. The molecule has 0 unspecified atom stereocenters. The van der Waals surface area contributed by atoms with E-state index in [1.54, 1.807) is 6.92 Å². The van der Waals surface area contributed by atoms with Crippen LogP contribution < -0.4 is 5.73 Å². The van der Waals surface area contributed by atoms with Crippen LogP contribution in [0.3, 0.4) is 0 Å². The van der Waals surface area contributed by atoms with Gasteiger partial charge in [0.1, 0.15) is 0 Å². The van der Waals surface area contributed by atoms with E-state index in [0.717, 1.165) is 0 Å². The molecule has 66 valence electrons. The highest BCUT2D eigenvalue weighted by molar-refractivity contribution is 5.91. The summed E-state index contributed by atoms with van der Waals surface area (Å²) in [5.41, 5.74) is 4.60. The Morgan fingerprint density at radius 3 is 2.42 bits per heavy atom. The third-order valence-corrected chi connectivity index (χ3v) is 2.16. The van der Waals surface area contributed by atoms with Gasteiger partial charge in [0.05, 0.1) is 5.41 Å². The lowest BCUT2D eigenvalue weighted by Gasteiger charge is -2.45. The normalized spacial score (nSPS) is 19.6. The van der Waals surface area contributed by atoms with E-state index in [0.29, 0.717) is 13.1 Å². The Bertz CT molecular complexity index is 241. The van der Waals surface area contributed by atoms with Crippen LogP contribution in [0.4, 0.5) is 0 Å². The maximum atomic E-state index is 11.0. The monoisotopic (exact) mass is 168 g/mol. The van der Waals surface area contributed by atoms with Crippen LogP contribution in [0.25, 0.3) is 0 Å². The van der Waals surface area contributed by atoms with Gasteiger partial charge in [-0.3, -0.25) is 9.59 Å². The quantitative estimate of drug-likeness (QED) is 0.565. The average Bonchev–Trinajstić information content (AvgIpc) is 1.96. The fraction of sp³-hybridized carbons (Fsp3) is 0.500. The van der Waals surface area contributed by atoms with Gasteiger partial charge in [-0.1, -0.05) is 6.58 Å². The zero-order valence-corrected chi connectivity index (χ0v) is 7.04. The van der Waals surface area contributed by atoms with Crippen molar-refractivity contribution in [3.63, 3.8) is 0 Å². The molecule has 0 aromatic heterocycles. The molecule has 2 amide bonds. The van der Waals surface area contributed by atoms with Crippen LogP contribution in [0.1, 0.15) is 6.92 Å². The number of rotatable bonds is 2. The molecule has 0 atom stereocenters. The molecule has 1 aliphatic rings. The maximum Gasteiger partial charge on any atom is 0.246 e. The molecule has 0 bridgehead atoms. The summed E-state index contributed by atoms with van der Waals surface area (Å²) in [4.78, 5) is 23.3. The Kier molecular flexibility index (Phi) is 1.92. The smallest absolute Gasteiger partial charge is 0.246 e. The van der Waals surface area contributed by atoms with Gasteiger partial charge < -0.3 is 10.6 Å². The highest BCUT2D eigenvalue weighted by Gasteiger charge is 2.45. The van der Waals surface area contributed by atoms with Crippen molar-refractivity contribution in [2.75, 3.05) is 13.1 Å².